The van der Waals surface area contributed by atoms with Crippen LogP contribution in [0.2, 0.25) is 0 Å². The molecule has 1 aliphatic heterocycles. The minimum Gasteiger partial charge on any atom is -0.390 e. The third-order valence-electron chi connectivity index (χ3n) is 3.39. The van der Waals surface area contributed by atoms with Crippen molar-refractivity contribution in [3.8, 4) is 0 Å². The second kappa shape index (κ2) is 5.02. The number of rotatable bonds is 2. The predicted octanol–water partition coefficient (Wildman–Crippen LogP) is 1.28. The molecule has 0 radical (unpaired) electrons. The van der Waals surface area contributed by atoms with Crippen molar-refractivity contribution in [3.63, 3.8) is 0 Å². The quantitative estimate of drug-likeness (QED) is 0.810. The smallest absolute Gasteiger partial charge is 0.128 e. The summed E-state index contributed by atoms with van der Waals surface area (Å²) in [6, 6.07) is 5.95. The van der Waals surface area contributed by atoms with Crippen molar-refractivity contribution in [2.75, 3.05) is 18.0 Å². The summed E-state index contributed by atoms with van der Waals surface area (Å²) in [5.74, 6) is 0.977. The lowest BCUT2D eigenvalue weighted by molar-refractivity contribution is 0.0481. The molecule has 94 valence electrons. The number of hydrogen-bond donors (Lipinski definition) is 2. The Hall–Kier alpha value is -1.13. The van der Waals surface area contributed by atoms with E-state index < -0.39 is 5.60 Å². The summed E-state index contributed by atoms with van der Waals surface area (Å²) >= 11 is 0. The normalized spacial score (nSPS) is 25.7. The fraction of sp³-hybridized carbons (Fsp3) is 0.615. The summed E-state index contributed by atoms with van der Waals surface area (Å²) in [4.78, 5) is 6.76. The Morgan fingerprint density at radius 1 is 1.41 bits per heavy atom. The first-order chi connectivity index (χ1) is 8.11. The standard InChI is InChI=1S/C13H21N3O/c1-13(17)6-3-8-16(9-7-13)12-5-2-4-11(10-14)15-12/h2,4-5,17H,3,6-10,14H2,1H3. The number of pyridine rings is 1. The van der Waals surface area contributed by atoms with Crippen LogP contribution in [-0.4, -0.2) is 28.8 Å². The largest absolute Gasteiger partial charge is 0.390 e. The molecule has 0 amide bonds. The van der Waals surface area contributed by atoms with Gasteiger partial charge in [0.15, 0.2) is 0 Å². The van der Waals surface area contributed by atoms with Gasteiger partial charge >= 0.3 is 0 Å². The van der Waals surface area contributed by atoms with Gasteiger partial charge in [-0.05, 0) is 38.3 Å². The molecule has 1 atom stereocenters. The van der Waals surface area contributed by atoms with Gasteiger partial charge in [0.05, 0.1) is 11.3 Å². The molecule has 1 aliphatic rings. The maximum atomic E-state index is 10.1. The fourth-order valence-corrected chi connectivity index (χ4v) is 2.25. The van der Waals surface area contributed by atoms with E-state index in [1.807, 2.05) is 25.1 Å². The fourth-order valence-electron chi connectivity index (χ4n) is 2.25. The molecule has 17 heavy (non-hydrogen) atoms. The molecule has 0 spiro atoms. The van der Waals surface area contributed by atoms with E-state index in [0.29, 0.717) is 6.54 Å². The van der Waals surface area contributed by atoms with Gasteiger partial charge in [-0.3, -0.25) is 0 Å². The molecule has 1 fully saturated rings. The van der Waals surface area contributed by atoms with Gasteiger partial charge in [0.2, 0.25) is 0 Å². The summed E-state index contributed by atoms with van der Waals surface area (Å²) in [5.41, 5.74) is 5.99. The van der Waals surface area contributed by atoms with Crippen LogP contribution >= 0.6 is 0 Å². The van der Waals surface area contributed by atoms with Crippen molar-refractivity contribution in [1.29, 1.82) is 0 Å². The molecule has 0 aromatic carbocycles. The lowest BCUT2D eigenvalue weighted by Crippen LogP contribution is -2.29. The molecule has 1 aromatic heterocycles. The second-order valence-corrected chi connectivity index (χ2v) is 5.03. The highest BCUT2D eigenvalue weighted by molar-refractivity contribution is 5.39. The molecule has 0 saturated carbocycles. The van der Waals surface area contributed by atoms with Crippen molar-refractivity contribution in [2.45, 2.75) is 38.3 Å². The molecular formula is C13H21N3O. The first-order valence-corrected chi connectivity index (χ1v) is 6.24. The molecule has 4 nitrogen and oxygen atoms in total. The van der Waals surface area contributed by atoms with Crippen LogP contribution in [0.1, 0.15) is 31.9 Å². The number of aliphatic hydroxyl groups is 1. The first kappa shape index (κ1) is 12.3. The number of nitrogens with zero attached hydrogens (tertiary/aromatic N) is 2. The highest BCUT2D eigenvalue weighted by Crippen LogP contribution is 2.24. The second-order valence-electron chi connectivity index (χ2n) is 5.03. The highest BCUT2D eigenvalue weighted by atomic mass is 16.3. The van der Waals surface area contributed by atoms with Gasteiger partial charge < -0.3 is 15.7 Å². The SMILES string of the molecule is CC1(O)CCCN(c2cccc(CN)n2)CC1. The van der Waals surface area contributed by atoms with Crippen LogP contribution < -0.4 is 10.6 Å². The Labute approximate surface area is 102 Å². The predicted molar refractivity (Wildman–Crippen MR) is 68.8 cm³/mol. The molecule has 1 saturated heterocycles. The van der Waals surface area contributed by atoms with Gasteiger partial charge in [0.25, 0.3) is 0 Å². The van der Waals surface area contributed by atoms with Crippen LogP contribution in [0.25, 0.3) is 0 Å². The molecular weight excluding hydrogens is 214 g/mol. The Morgan fingerprint density at radius 3 is 3.00 bits per heavy atom. The summed E-state index contributed by atoms with van der Waals surface area (Å²) in [5, 5.41) is 10.1. The zero-order chi connectivity index (χ0) is 12.3. The van der Waals surface area contributed by atoms with Crippen LogP contribution in [0.5, 0.6) is 0 Å². The molecule has 0 bridgehead atoms. The van der Waals surface area contributed by atoms with Crippen LogP contribution in [-0.2, 0) is 6.54 Å². The molecule has 0 aliphatic carbocycles. The molecule has 3 N–H and O–H groups in total. The van der Waals surface area contributed by atoms with E-state index in [1.54, 1.807) is 0 Å². The summed E-state index contributed by atoms with van der Waals surface area (Å²) in [6.45, 7) is 4.20. The van der Waals surface area contributed by atoms with Gasteiger partial charge in [-0.15, -0.1) is 0 Å². The maximum absolute atomic E-state index is 10.1. The van der Waals surface area contributed by atoms with Gasteiger partial charge in [-0.25, -0.2) is 4.98 Å². The van der Waals surface area contributed by atoms with Gasteiger partial charge in [-0.2, -0.15) is 0 Å². The van der Waals surface area contributed by atoms with E-state index in [0.717, 1.165) is 43.9 Å². The molecule has 2 heterocycles. The van der Waals surface area contributed by atoms with E-state index in [4.69, 9.17) is 5.73 Å². The van der Waals surface area contributed by atoms with Crippen molar-refractivity contribution < 1.29 is 5.11 Å². The van der Waals surface area contributed by atoms with Crippen LogP contribution in [0, 0.1) is 0 Å². The van der Waals surface area contributed by atoms with Gasteiger partial charge in [0.1, 0.15) is 5.82 Å². The van der Waals surface area contributed by atoms with Crippen LogP contribution in [0.4, 0.5) is 5.82 Å². The summed E-state index contributed by atoms with van der Waals surface area (Å²) in [6.07, 6.45) is 2.66. The average molecular weight is 235 g/mol. The molecule has 2 rings (SSSR count). The van der Waals surface area contributed by atoms with Crippen molar-refractivity contribution in [3.05, 3.63) is 23.9 Å². The van der Waals surface area contributed by atoms with E-state index >= 15 is 0 Å². The van der Waals surface area contributed by atoms with E-state index in [1.165, 1.54) is 0 Å². The monoisotopic (exact) mass is 235 g/mol. The van der Waals surface area contributed by atoms with E-state index in [2.05, 4.69) is 9.88 Å². The van der Waals surface area contributed by atoms with E-state index in [9.17, 15) is 5.11 Å². The Kier molecular flexibility index (Phi) is 3.64. The number of anilines is 1. The minimum absolute atomic E-state index is 0.472. The Morgan fingerprint density at radius 2 is 2.24 bits per heavy atom. The zero-order valence-corrected chi connectivity index (χ0v) is 10.4. The minimum atomic E-state index is -0.528. The summed E-state index contributed by atoms with van der Waals surface area (Å²) < 4.78 is 0. The summed E-state index contributed by atoms with van der Waals surface area (Å²) in [7, 11) is 0. The topological polar surface area (TPSA) is 62.4 Å². The van der Waals surface area contributed by atoms with E-state index in [-0.39, 0.29) is 0 Å². The van der Waals surface area contributed by atoms with Gasteiger partial charge in [-0.1, -0.05) is 6.07 Å². The van der Waals surface area contributed by atoms with Crippen molar-refractivity contribution in [2.24, 2.45) is 5.73 Å². The third-order valence-corrected chi connectivity index (χ3v) is 3.39. The molecule has 1 aromatic rings. The van der Waals surface area contributed by atoms with Crippen molar-refractivity contribution in [1.82, 2.24) is 4.98 Å². The lowest BCUT2D eigenvalue weighted by Gasteiger charge is -2.23. The number of hydrogen-bond acceptors (Lipinski definition) is 4. The van der Waals surface area contributed by atoms with Gasteiger partial charge in [0, 0.05) is 19.6 Å². The zero-order valence-electron chi connectivity index (χ0n) is 10.4. The maximum Gasteiger partial charge on any atom is 0.128 e. The lowest BCUT2D eigenvalue weighted by atomic mass is 9.98. The van der Waals surface area contributed by atoms with Crippen LogP contribution in [0.3, 0.4) is 0 Å². The average Bonchev–Trinajstić information content (AvgIpc) is 2.50. The first-order valence-electron chi connectivity index (χ1n) is 6.24. The number of aromatic nitrogens is 1. The molecule has 1 unspecified atom stereocenters. The Balaban J connectivity index is 2.11. The van der Waals surface area contributed by atoms with Crippen molar-refractivity contribution >= 4 is 5.82 Å². The Bertz CT molecular complexity index is 379. The molecule has 4 heteroatoms. The third kappa shape index (κ3) is 3.17. The van der Waals surface area contributed by atoms with Crippen LogP contribution in [0.15, 0.2) is 18.2 Å². The highest BCUT2D eigenvalue weighted by Gasteiger charge is 2.25. The number of nitrogens with two attached hydrogens (primary N) is 1.